The van der Waals surface area contributed by atoms with Gasteiger partial charge in [0.15, 0.2) is 0 Å². The highest BCUT2D eigenvalue weighted by atomic mass is 32.2. The van der Waals surface area contributed by atoms with E-state index in [1.54, 1.807) is 0 Å². The first-order valence-electron chi connectivity index (χ1n) is 6.86. The Morgan fingerprint density at radius 3 is 2.60 bits per heavy atom. The molecule has 2 rings (SSSR count). The quantitative estimate of drug-likeness (QED) is 0.841. The normalized spacial score (nSPS) is 19.6. The zero-order valence-electron chi connectivity index (χ0n) is 12.2. The van der Waals surface area contributed by atoms with Crippen LogP contribution in [0.1, 0.15) is 20.8 Å². The van der Waals surface area contributed by atoms with Crippen molar-refractivity contribution < 1.29 is 9.53 Å². The van der Waals surface area contributed by atoms with E-state index >= 15 is 0 Å². The molecule has 1 aliphatic rings. The minimum atomic E-state index is -0.396. The Bertz CT molecular complexity index is 448. The smallest absolute Gasteiger partial charge is 0.254 e. The van der Waals surface area contributed by atoms with Gasteiger partial charge in [0.1, 0.15) is 6.10 Å². The van der Waals surface area contributed by atoms with E-state index in [1.807, 2.05) is 36.0 Å². The lowest BCUT2D eigenvalue weighted by Crippen LogP contribution is -2.45. The highest BCUT2D eigenvalue weighted by Gasteiger charge is 2.21. The number of anilines is 1. The number of amides is 1. The van der Waals surface area contributed by atoms with Crippen molar-refractivity contribution >= 4 is 23.4 Å². The maximum absolute atomic E-state index is 12.0. The molecule has 0 aliphatic carbocycles. The maximum atomic E-state index is 12.0. The Labute approximate surface area is 124 Å². The number of rotatable bonds is 3. The molecule has 1 unspecified atom stereocenters. The van der Waals surface area contributed by atoms with E-state index in [9.17, 15) is 4.79 Å². The van der Waals surface area contributed by atoms with Gasteiger partial charge in [-0.1, -0.05) is 20.8 Å². The molecule has 0 saturated carbocycles. The van der Waals surface area contributed by atoms with E-state index in [1.165, 1.54) is 4.90 Å². The van der Waals surface area contributed by atoms with Crippen molar-refractivity contribution in [3.8, 4) is 0 Å². The summed E-state index contributed by atoms with van der Waals surface area (Å²) in [5.74, 6) is -0.0894. The lowest BCUT2D eigenvalue weighted by atomic mass is 10.2. The Balaban J connectivity index is 1.91. The van der Waals surface area contributed by atoms with E-state index in [-0.39, 0.29) is 10.7 Å². The van der Waals surface area contributed by atoms with Crippen LogP contribution in [0.5, 0.6) is 0 Å². The minimum Gasteiger partial charge on any atom is -0.366 e. The number of morpholine rings is 1. The summed E-state index contributed by atoms with van der Waals surface area (Å²) < 4.78 is 5.61. The molecule has 1 amide bonds. The summed E-state index contributed by atoms with van der Waals surface area (Å²) in [7, 11) is 0. The Morgan fingerprint density at radius 1 is 1.35 bits per heavy atom. The van der Waals surface area contributed by atoms with Crippen LogP contribution in [0.3, 0.4) is 0 Å². The van der Waals surface area contributed by atoms with Gasteiger partial charge in [0.2, 0.25) is 0 Å². The fourth-order valence-electron chi connectivity index (χ4n) is 1.92. The van der Waals surface area contributed by atoms with E-state index in [0.717, 1.165) is 12.2 Å². The largest absolute Gasteiger partial charge is 0.366 e. The van der Waals surface area contributed by atoms with Gasteiger partial charge in [-0.05, 0) is 24.3 Å². The predicted molar refractivity (Wildman–Crippen MR) is 83.3 cm³/mol. The van der Waals surface area contributed by atoms with Gasteiger partial charge in [-0.2, -0.15) is 0 Å². The molecule has 1 atom stereocenters. The van der Waals surface area contributed by atoms with Crippen LogP contribution >= 0.6 is 11.8 Å². The number of hydrogen-bond acceptors (Lipinski definition) is 4. The molecule has 0 bridgehead atoms. The molecule has 0 aromatic heterocycles. The highest BCUT2D eigenvalue weighted by molar-refractivity contribution is 8.00. The fourth-order valence-corrected chi connectivity index (χ4v) is 2.90. The third-order valence-electron chi connectivity index (χ3n) is 2.77. The first-order valence-corrected chi connectivity index (χ1v) is 7.68. The van der Waals surface area contributed by atoms with Gasteiger partial charge < -0.3 is 15.4 Å². The molecule has 1 aromatic carbocycles. The fraction of sp³-hybridized carbons (Fsp3) is 0.533. The standard InChI is InChI=1S/C15H22N2O2S/c1-15(2,3)20-12-6-4-11(5-7-12)17-14(18)13-10-16-8-9-19-13/h4-7,13,16H,8-10H2,1-3H3,(H,17,18). The average Bonchev–Trinajstić information content (AvgIpc) is 2.40. The number of hydrogen-bond donors (Lipinski definition) is 2. The maximum Gasteiger partial charge on any atom is 0.254 e. The van der Waals surface area contributed by atoms with E-state index in [2.05, 4.69) is 31.4 Å². The third kappa shape index (κ3) is 4.81. The zero-order valence-corrected chi connectivity index (χ0v) is 13.0. The molecular weight excluding hydrogens is 272 g/mol. The Hall–Kier alpha value is -1.04. The number of ether oxygens (including phenoxy) is 1. The first kappa shape index (κ1) is 15.4. The molecule has 1 aromatic rings. The van der Waals surface area contributed by atoms with Gasteiger partial charge in [-0.3, -0.25) is 4.79 Å². The summed E-state index contributed by atoms with van der Waals surface area (Å²) in [5, 5.41) is 6.04. The second kappa shape index (κ2) is 6.61. The van der Waals surface area contributed by atoms with Crippen molar-refractivity contribution in [1.29, 1.82) is 0 Å². The van der Waals surface area contributed by atoms with Crippen LogP contribution in [0.2, 0.25) is 0 Å². The van der Waals surface area contributed by atoms with Crippen LogP contribution in [0.4, 0.5) is 5.69 Å². The molecule has 1 heterocycles. The van der Waals surface area contributed by atoms with Crippen LogP contribution in [0.15, 0.2) is 29.2 Å². The van der Waals surface area contributed by atoms with E-state index < -0.39 is 6.10 Å². The summed E-state index contributed by atoms with van der Waals surface area (Å²) in [4.78, 5) is 13.2. The third-order valence-corrected chi connectivity index (χ3v) is 3.89. The van der Waals surface area contributed by atoms with Gasteiger partial charge in [-0.15, -0.1) is 11.8 Å². The minimum absolute atomic E-state index is 0.0894. The predicted octanol–water partition coefficient (Wildman–Crippen LogP) is 2.50. The molecule has 0 radical (unpaired) electrons. The van der Waals surface area contributed by atoms with Gasteiger partial charge in [-0.25, -0.2) is 0 Å². The molecule has 1 fully saturated rings. The molecule has 110 valence electrons. The van der Waals surface area contributed by atoms with Gasteiger partial charge in [0.25, 0.3) is 5.91 Å². The molecule has 1 saturated heterocycles. The summed E-state index contributed by atoms with van der Waals surface area (Å²) >= 11 is 1.81. The van der Waals surface area contributed by atoms with Crippen molar-refractivity contribution in [2.45, 2.75) is 36.5 Å². The van der Waals surface area contributed by atoms with Crippen LogP contribution in [-0.2, 0) is 9.53 Å². The van der Waals surface area contributed by atoms with Crippen molar-refractivity contribution in [2.75, 3.05) is 25.0 Å². The summed E-state index contributed by atoms with van der Waals surface area (Å²) in [6.45, 7) is 8.51. The molecule has 2 N–H and O–H groups in total. The van der Waals surface area contributed by atoms with Gasteiger partial charge in [0, 0.05) is 28.4 Å². The number of carbonyl (C=O) groups is 1. The number of thioether (sulfide) groups is 1. The Morgan fingerprint density at radius 2 is 2.05 bits per heavy atom. The number of carbonyl (C=O) groups excluding carboxylic acids is 1. The van der Waals surface area contributed by atoms with E-state index in [0.29, 0.717) is 13.2 Å². The second-order valence-corrected chi connectivity index (χ2v) is 7.69. The number of benzene rings is 1. The van der Waals surface area contributed by atoms with Gasteiger partial charge in [0.05, 0.1) is 6.61 Å². The van der Waals surface area contributed by atoms with Crippen LogP contribution < -0.4 is 10.6 Å². The monoisotopic (exact) mass is 294 g/mol. The molecule has 5 heteroatoms. The topological polar surface area (TPSA) is 50.4 Å². The van der Waals surface area contributed by atoms with Crippen LogP contribution in [-0.4, -0.2) is 36.5 Å². The Kier molecular flexibility index (Phi) is 5.07. The molecule has 20 heavy (non-hydrogen) atoms. The van der Waals surface area contributed by atoms with Gasteiger partial charge >= 0.3 is 0 Å². The van der Waals surface area contributed by atoms with Crippen molar-refractivity contribution in [1.82, 2.24) is 5.32 Å². The molecule has 1 aliphatic heterocycles. The van der Waals surface area contributed by atoms with Crippen molar-refractivity contribution in [3.63, 3.8) is 0 Å². The first-order chi connectivity index (χ1) is 9.44. The number of nitrogens with one attached hydrogen (secondary N) is 2. The van der Waals surface area contributed by atoms with Crippen molar-refractivity contribution in [2.24, 2.45) is 0 Å². The van der Waals surface area contributed by atoms with Crippen LogP contribution in [0, 0.1) is 0 Å². The average molecular weight is 294 g/mol. The summed E-state index contributed by atoms with van der Waals surface area (Å²) in [6, 6.07) is 7.93. The summed E-state index contributed by atoms with van der Waals surface area (Å²) in [6.07, 6.45) is -0.396. The zero-order chi connectivity index (χ0) is 14.6. The molecular formula is C15H22N2O2S. The SMILES string of the molecule is CC(C)(C)Sc1ccc(NC(=O)C2CNCCO2)cc1. The van der Waals surface area contributed by atoms with Crippen LogP contribution in [0.25, 0.3) is 0 Å². The summed E-state index contributed by atoms with van der Waals surface area (Å²) in [5.41, 5.74) is 0.808. The highest BCUT2D eigenvalue weighted by Crippen LogP contribution is 2.32. The van der Waals surface area contributed by atoms with E-state index in [4.69, 9.17) is 4.74 Å². The lowest BCUT2D eigenvalue weighted by molar-refractivity contribution is -0.128. The van der Waals surface area contributed by atoms with Crippen molar-refractivity contribution in [3.05, 3.63) is 24.3 Å². The lowest BCUT2D eigenvalue weighted by Gasteiger charge is -2.22. The molecule has 0 spiro atoms. The second-order valence-electron chi connectivity index (χ2n) is 5.79. The molecule has 4 nitrogen and oxygen atoms in total.